The topological polar surface area (TPSA) is 66.5 Å². The first-order chi connectivity index (χ1) is 8.33. The minimum Gasteiger partial charge on any atom is -0.481 e. The third-order valence-electron chi connectivity index (χ3n) is 2.93. The average molecular weight is 234 g/mol. The maximum absolute atomic E-state index is 11.1. The van der Waals surface area contributed by atoms with Crippen LogP contribution in [0.15, 0.2) is 12.3 Å². The summed E-state index contributed by atoms with van der Waals surface area (Å²) in [7, 11) is 0. The highest BCUT2D eigenvalue weighted by molar-refractivity contribution is 5.95. The Balaban J connectivity index is 1.85. The Morgan fingerprint density at radius 1 is 1.35 bits per heavy atom. The molecule has 6 nitrogen and oxygen atoms in total. The fourth-order valence-corrected chi connectivity index (χ4v) is 2.04. The number of piperazine rings is 1. The van der Waals surface area contributed by atoms with Crippen molar-refractivity contribution in [1.29, 1.82) is 0 Å². The van der Waals surface area contributed by atoms with Crippen molar-refractivity contribution in [3.05, 3.63) is 12.3 Å². The number of nitrogens with zero attached hydrogens (tertiary/aromatic N) is 2. The Kier molecular flexibility index (Phi) is 2.56. The first-order valence-corrected chi connectivity index (χ1v) is 5.71. The minimum atomic E-state index is -0.130. The number of carbonyl (C=O) groups excluding carboxylic acids is 1. The van der Waals surface area contributed by atoms with Crippen LogP contribution in [0.5, 0.6) is 5.75 Å². The monoisotopic (exact) mass is 234 g/mol. The SMILES string of the molecule is O=C1COc2cc(N3CCNCC3)ncc2N1. The molecule has 3 rings (SSSR count). The molecule has 1 fully saturated rings. The van der Waals surface area contributed by atoms with Gasteiger partial charge < -0.3 is 20.3 Å². The molecule has 0 aromatic carbocycles. The zero-order chi connectivity index (χ0) is 11.7. The van der Waals surface area contributed by atoms with Gasteiger partial charge in [0.15, 0.2) is 6.61 Å². The normalized spacial score (nSPS) is 19.3. The molecular weight excluding hydrogens is 220 g/mol. The van der Waals surface area contributed by atoms with Crippen molar-refractivity contribution in [2.45, 2.75) is 0 Å². The number of hydrogen-bond donors (Lipinski definition) is 2. The molecule has 1 aromatic heterocycles. The lowest BCUT2D eigenvalue weighted by molar-refractivity contribution is -0.118. The highest BCUT2D eigenvalue weighted by atomic mass is 16.5. The first kappa shape index (κ1) is 10.3. The zero-order valence-corrected chi connectivity index (χ0v) is 9.40. The number of rotatable bonds is 1. The van der Waals surface area contributed by atoms with Crippen LogP contribution in [0.2, 0.25) is 0 Å². The third kappa shape index (κ3) is 2.03. The molecule has 1 aromatic rings. The van der Waals surface area contributed by atoms with E-state index >= 15 is 0 Å². The number of amides is 1. The van der Waals surface area contributed by atoms with E-state index in [4.69, 9.17) is 4.74 Å². The van der Waals surface area contributed by atoms with Crippen molar-refractivity contribution in [2.75, 3.05) is 43.0 Å². The second kappa shape index (κ2) is 4.21. The van der Waals surface area contributed by atoms with Crippen molar-refractivity contribution in [2.24, 2.45) is 0 Å². The number of hydrogen-bond acceptors (Lipinski definition) is 5. The maximum atomic E-state index is 11.1. The van der Waals surface area contributed by atoms with Gasteiger partial charge in [0.05, 0.1) is 6.20 Å². The molecule has 2 aliphatic rings. The van der Waals surface area contributed by atoms with Crippen LogP contribution in [0.25, 0.3) is 0 Å². The number of pyridine rings is 1. The molecule has 0 bridgehead atoms. The molecule has 2 aliphatic heterocycles. The molecule has 1 amide bonds. The van der Waals surface area contributed by atoms with E-state index in [0.29, 0.717) is 11.4 Å². The Morgan fingerprint density at radius 2 is 2.18 bits per heavy atom. The van der Waals surface area contributed by atoms with Gasteiger partial charge in [-0.1, -0.05) is 0 Å². The molecule has 2 N–H and O–H groups in total. The molecule has 6 heteroatoms. The Hall–Kier alpha value is -1.82. The summed E-state index contributed by atoms with van der Waals surface area (Å²) in [5.41, 5.74) is 0.653. The van der Waals surface area contributed by atoms with Gasteiger partial charge in [-0.3, -0.25) is 4.79 Å². The van der Waals surface area contributed by atoms with Crippen LogP contribution in [0.3, 0.4) is 0 Å². The largest absolute Gasteiger partial charge is 0.481 e. The van der Waals surface area contributed by atoms with Gasteiger partial charge in [-0.2, -0.15) is 0 Å². The van der Waals surface area contributed by atoms with Crippen LogP contribution in [0.4, 0.5) is 11.5 Å². The fraction of sp³-hybridized carbons (Fsp3) is 0.455. The van der Waals surface area contributed by atoms with Crippen LogP contribution in [-0.2, 0) is 4.79 Å². The molecule has 0 radical (unpaired) electrons. The summed E-state index contributed by atoms with van der Waals surface area (Å²) in [6.45, 7) is 3.90. The zero-order valence-electron chi connectivity index (χ0n) is 9.40. The van der Waals surface area contributed by atoms with Gasteiger partial charge in [0, 0.05) is 32.2 Å². The van der Waals surface area contributed by atoms with E-state index in [1.807, 2.05) is 6.07 Å². The first-order valence-electron chi connectivity index (χ1n) is 5.71. The number of ether oxygens (including phenoxy) is 1. The molecule has 0 spiro atoms. The van der Waals surface area contributed by atoms with Gasteiger partial charge in [0.1, 0.15) is 17.3 Å². The predicted octanol–water partition coefficient (Wildman–Crippen LogP) is -0.178. The van der Waals surface area contributed by atoms with E-state index < -0.39 is 0 Å². The van der Waals surface area contributed by atoms with Gasteiger partial charge in [0.2, 0.25) is 0 Å². The summed E-state index contributed by atoms with van der Waals surface area (Å²) in [4.78, 5) is 17.7. The summed E-state index contributed by atoms with van der Waals surface area (Å²) in [5.74, 6) is 1.48. The van der Waals surface area contributed by atoms with E-state index in [2.05, 4.69) is 20.5 Å². The summed E-state index contributed by atoms with van der Waals surface area (Å²) in [5, 5.41) is 6.03. The molecule has 0 saturated carbocycles. The van der Waals surface area contributed by atoms with Crippen molar-refractivity contribution < 1.29 is 9.53 Å². The molecule has 0 atom stereocenters. The summed E-state index contributed by atoms with van der Waals surface area (Å²) in [6, 6.07) is 1.89. The number of nitrogens with one attached hydrogen (secondary N) is 2. The van der Waals surface area contributed by atoms with Gasteiger partial charge in [-0.15, -0.1) is 0 Å². The highest BCUT2D eigenvalue weighted by Gasteiger charge is 2.19. The third-order valence-corrected chi connectivity index (χ3v) is 2.93. The van der Waals surface area contributed by atoms with Gasteiger partial charge >= 0.3 is 0 Å². The van der Waals surface area contributed by atoms with Gasteiger partial charge in [0.25, 0.3) is 5.91 Å². The Labute approximate surface area is 99.0 Å². The summed E-state index contributed by atoms with van der Waals surface area (Å²) < 4.78 is 5.37. The molecule has 0 aliphatic carbocycles. The Morgan fingerprint density at radius 3 is 3.00 bits per heavy atom. The minimum absolute atomic E-state index is 0.0814. The smallest absolute Gasteiger partial charge is 0.262 e. The molecular formula is C11H14N4O2. The molecule has 90 valence electrons. The Bertz CT molecular complexity index is 443. The standard InChI is InChI=1S/C11H14N4O2/c16-11-7-17-9-5-10(13-6-8(9)14-11)15-3-1-12-2-4-15/h5-6,12H,1-4,7H2,(H,14,16). The maximum Gasteiger partial charge on any atom is 0.262 e. The lowest BCUT2D eigenvalue weighted by Gasteiger charge is -2.29. The lowest BCUT2D eigenvalue weighted by Crippen LogP contribution is -2.44. The summed E-state index contributed by atoms with van der Waals surface area (Å²) in [6.07, 6.45) is 1.66. The van der Waals surface area contributed by atoms with Gasteiger partial charge in [-0.25, -0.2) is 4.98 Å². The van der Waals surface area contributed by atoms with Crippen LogP contribution in [-0.4, -0.2) is 43.7 Å². The van der Waals surface area contributed by atoms with Crippen molar-refractivity contribution in [3.63, 3.8) is 0 Å². The second-order valence-corrected chi connectivity index (χ2v) is 4.11. The number of aromatic nitrogens is 1. The predicted molar refractivity (Wildman–Crippen MR) is 63.4 cm³/mol. The molecule has 1 saturated heterocycles. The quantitative estimate of drug-likeness (QED) is 0.705. The van der Waals surface area contributed by atoms with Gasteiger partial charge in [-0.05, 0) is 0 Å². The number of carbonyl (C=O) groups is 1. The van der Waals surface area contributed by atoms with Crippen LogP contribution in [0.1, 0.15) is 0 Å². The van der Waals surface area contributed by atoms with E-state index in [1.165, 1.54) is 0 Å². The molecule has 17 heavy (non-hydrogen) atoms. The second-order valence-electron chi connectivity index (χ2n) is 4.11. The van der Waals surface area contributed by atoms with E-state index in [9.17, 15) is 4.79 Å². The fourth-order valence-electron chi connectivity index (χ4n) is 2.04. The lowest BCUT2D eigenvalue weighted by atomic mass is 10.3. The summed E-state index contributed by atoms with van der Waals surface area (Å²) >= 11 is 0. The van der Waals surface area contributed by atoms with E-state index in [0.717, 1.165) is 32.0 Å². The molecule has 3 heterocycles. The van der Waals surface area contributed by atoms with Crippen LogP contribution < -0.4 is 20.3 Å². The highest BCUT2D eigenvalue weighted by Crippen LogP contribution is 2.30. The molecule has 0 unspecified atom stereocenters. The average Bonchev–Trinajstić information content (AvgIpc) is 2.39. The van der Waals surface area contributed by atoms with Crippen molar-refractivity contribution >= 4 is 17.4 Å². The number of anilines is 2. The van der Waals surface area contributed by atoms with Crippen LogP contribution in [0, 0.1) is 0 Å². The van der Waals surface area contributed by atoms with E-state index in [-0.39, 0.29) is 12.5 Å². The van der Waals surface area contributed by atoms with Crippen molar-refractivity contribution in [1.82, 2.24) is 10.3 Å². The van der Waals surface area contributed by atoms with Crippen LogP contribution >= 0.6 is 0 Å². The van der Waals surface area contributed by atoms with Crippen molar-refractivity contribution in [3.8, 4) is 5.75 Å². The number of fused-ring (bicyclic) bond motifs is 1. The van der Waals surface area contributed by atoms with E-state index in [1.54, 1.807) is 6.20 Å².